The first-order valence-corrected chi connectivity index (χ1v) is 10.0. The third-order valence-corrected chi connectivity index (χ3v) is 5.33. The molecular weight excluding hydrogens is 370 g/mol. The molecule has 0 aliphatic carbocycles. The Morgan fingerprint density at radius 1 is 1.24 bits per heavy atom. The van der Waals surface area contributed by atoms with Crippen molar-refractivity contribution in [1.82, 2.24) is 15.4 Å². The van der Waals surface area contributed by atoms with Gasteiger partial charge in [0.2, 0.25) is 5.91 Å². The van der Waals surface area contributed by atoms with E-state index < -0.39 is 0 Å². The lowest BCUT2D eigenvalue weighted by molar-refractivity contribution is -0.186. The number of amides is 2. The number of nitrogens with one attached hydrogen (secondary N) is 1. The molecule has 0 radical (unpaired) electrons. The molecule has 2 aromatic rings. The van der Waals surface area contributed by atoms with Crippen molar-refractivity contribution < 1.29 is 19.2 Å². The van der Waals surface area contributed by atoms with Crippen LogP contribution in [0.3, 0.4) is 0 Å². The molecule has 2 aliphatic rings. The van der Waals surface area contributed by atoms with E-state index in [0.29, 0.717) is 31.7 Å². The SMILES string of the molecule is O=C(NOC1CCCCO1)c1ccc2c(c1)CCN(C(=O)Cc1cccnc1)C2. The van der Waals surface area contributed by atoms with Crippen LogP contribution in [0, 0.1) is 0 Å². The maximum atomic E-state index is 12.6. The number of fused-ring (bicyclic) bond motifs is 1. The molecule has 7 heteroatoms. The van der Waals surface area contributed by atoms with Gasteiger partial charge in [0.15, 0.2) is 6.29 Å². The Hall–Kier alpha value is -2.77. The average Bonchev–Trinajstić information content (AvgIpc) is 2.78. The molecule has 1 aromatic carbocycles. The number of nitrogens with zero attached hydrogens (tertiary/aromatic N) is 2. The van der Waals surface area contributed by atoms with Crippen LogP contribution in [0.2, 0.25) is 0 Å². The van der Waals surface area contributed by atoms with E-state index in [2.05, 4.69) is 10.5 Å². The van der Waals surface area contributed by atoms with Crippen LogP contribution < -0.4 is 5.48 Å². The smallest absolute Gasteiger partial charge is 0.274 e. The summed E-state index contributed by atoms with van der Waals surface area (Å²) in [5, 5.41) is 0. The molecule has 0 spiro atoms. The molecule has 2 aliphatic heterocycles. The number of carbonyl (C=O) groups is 2. The van der Waals surface area contributed by atoms with Crippen LogP contribution in [0.4, 0.5) is 0 Å². The topological polar surface area (TPSA) is 80.8 Å². The van der Waals surface area contributed by atoms with Gasteiger partial charge in [-0.2, -0.15) is 0 Å². The van der Waals surface area contributed by atoms with E-state index in [9.17, 15) is 9.59 Å². The maximum absolute atomic E-state index is 12.6. The molecule has 1 fully saturated rings. The van der Waals surface area contributed by atoms with Gasteiger partial charge in [-0.05, 0) is 54.2 Å². The van der Waals surface area contributed by atoms with Crippen LogP contribution in [0.5, 0.6) is 0 Å². The van der Waals surface area contributed by atoms with Gasteiger partial charge in [0.1, 0.15) is 0 Å². The van der Waals surface area contributed by atoms with Crippen molar-refractivity contribution in [3.63, 3.8) is 0 Å². The molecule has 152 valence electrons. The highest BCUT2D eigenvalue weighted by atomic mass is 16.8. The molecule has 1 saturated heterocycles. The Morgan fingerprint density at radius 3 is 2.97 bits per heavy atom. The minimum Gasteiger partial charge on any atom is -0.350 e. The molecule has 1 unspecified atom stereocenters. The second kappa shape index (κ2) is 9.15. The van der Waals surface area contributed by atoms with Crippen LogP contribution in [0.1, 0.15) is 46.3 Å². The van der Waals surface area contributed by atoms with Gasteiger partial charge in [0.25, 0.3) is 5.91 Å². The Balaban J connectivity index is 1.34. The summed E-state index contributed by atoms with van der Waals surface area (Å²) in [7, 11) is 0. The minimum absolute atomic E-state index is 0.0892. The van der Waals surface area contributed by atoms with Crippen molar-refractivity contribution in [1.29, 1.82) is 0 Å². The number of carbonyl (C=O) groups excluding carboxylic acids is 2. The number of aromatic nitrogens is 1. The fourth-order valence-corrected chi connectivity index (χ4v) is 3.68. The number of benzene rings is 1. The molecule has 7 nitrogen and oxygen atoms in total. The van der Waals surface area contributed by atoms with Gasteiger partial charge >= 0.3 is 0 Å². The van der Waals surface area contributed by atoms with Gasteiger partial charge < -0.3 is 9.64 Å². The molecule has 1 aromatic heterocycles. The fraction of sp³-hybridized carbons (Fsp3) is 0.409. The van der Waals surface area contributed by atoms with Gasteiger partial charge in [0.05, 0.1) is 6.42 Å². The molecule has 0 bridgehead atoms. The minimum atomic E-state index is -0.371. The second-order valence-electron chi connectivity index (χ2n) is 7.43. The van der Waals surface area contributed by atoms with E-state index in [1.54, 1.807) is 18.5 Å². The molecule has 1 atom stereocenters. The zero-order valence-electron chi connectivity index (χ0n) is 16.3. The predicted octanol–water partition coefficient (Wildman–Crippen LogP) is 2.40. The number of hydrogen-bond acceptors (Lipinski definition) is 5. The molecule has 3 heterocycles. The van der Waals surface area contributed by atoms with Gasteiger partial charge in [-0.3, -0.25) is 14.6 Å². The van der Waals surface area contributed by atoms with Crippen molar-refractivity contribution >= 4 is 11.8 Å². The number of hydrogen-bond donors (Lipinski definition) is 1. The average molecular weight is 395 g/mol. The first kappa shape index (κ1) is 19.5. The molecule has 1 N–H and O–H groups in total. The fourth-order valence-electron chi connectivity index (χ4n) is 3.68. The summed E-state index contributed by atoms with van der Waals surface area (Å²) in [5.74, 6) is -0.191. The van der Waals surface area contributed by atoms with Gasteiger partial charge in [0, 0.05) is 44.1 Å². The number of pyridine rings is 1. The third-order valence-electron chi connectivity index (χ3n) is 5.33. The zero-order valence-corrected chi connectivity index (χ0v) is 16.3. The summed E-state index contributed by atoms with van der Waals surface area (Å²) < 4.78 is 5.45. The van der Waals surface area contributed by atoms with E-state index >= 15 is 0 Å². The number of rotatable bonds is 5. The summed E-state index contributed by atoms with van der Waals surface area (Å²) in [6.07, 6.45) is 6.98. The van der Waals surface area contributed by atoms with Crippen molar-refractivity contribution in [3.05, 3.63) is 65.0 Å². The van der Waals surface area contributed by atoms with Crippen molar-refractivity contribution in [2.75, 3.05) is 13.2 Å². The van der Waals surface area contributed by atoms with E-state index in [0.717, 1.165) is 42.4 Å². The monoisotopic (exact) mass is 395 g/mol. The molecular formula is C22H25N3O4. The summed E-state index contributed by atoms with van der Waals surface area (Å²) in [5.41, 5.74) is 6.13. The quantitative estimate of drug-likeness (QED) is 0.787. The summed E-state index contributed by atoms with van der Waals surface area (Å²) >= 11 is 0. The van der Waals surface area contributed by atoms with Crippen molar-refractivity contribution in [2.24, 2.45) is 0 Å². The Kier molecular flexibility index (Phi) is 6.17. The zero-order chi connectivity index (χ0) is 20.1. The van der Waals surface area contributed by atoms with E-state index in [4.69, 9.17) is 9.57 Å². The largest absolute Gasteiger partial charge is 0.350 e. The lowest BCUT2D eigenvalue weighted by atomic mass is 9.96. The summed E-state index contributed by atoms with van der Waals surface area (Å²) in [6, 6.07) is 9.33. The van der Waals surface area contributed by atoms with Gasteiger partial charge in [-0.25, -0.2) is 10.3 Å². The lowest BCUT2D eigenvalue weighted by Crippen LogP contribution is -2.37. The van der Waals surface area contributed by atoms with E-state index in [1.165, 1.54) is 0 Å². The molecule has 2 amide bonds. The van der Waals surface area contributed by atoms with Crippen LogP contribution in [0.15, 0.2) is 42.7 Å². The molecule has 29 heavy (non-hydrogen) atoms. The van der Waals surface area contributed by atoms with E-state index in [1.807, 2.05) is 29.2 Å². The van der Waals surface area contributed by atoms with Crippen LogP contribution in [-0.2, 0) is 33.8 Å². The highest BCUT2D eigenvalue weighted by molar-refractivity contribution is 5.93. The van der Waals surface area contributed by atoms with Gasteiger partial charge in [-0.1, -0.05) is 12.1 Å². The number of ether oxygens (including phenoxy) is 1. The van der Waals surface area contributed by atoms with Crippen LogP contribution >= 0.6 is 0 Å². The summed E-state index contributed by atoms with van der Waals surface area (Å²) in [6.45, 7) is 1.86. The Labute approximate surface area is 170 Å². The van der Waals surface area contributed by atoms with Crippen molar-refractivity contribution in [2.45, 2.75) is 44.9 Å². The molecule has 4 rings (SSSR count). The number of hydroxylamine groups is 1. The standard InChI is InChI=1S/C22H25N3O4/c26-20(12-16-4-3-9-23-14-16)25-10-8-17-13-18(6-7-19(17)15-25)22(27)24-29-21-5-1-2-11-28-21/h3-4,6-7,9,13-14,21H,1-2,5,8,10-12,15H2,(H,24,27). The maximum Gasteiger partial charge on any atom is 0.274 e. The van der Waals surface area contributed by atoms with Crippen LogP contribution in [-0.4, -0.2) is 41.1 Å². The predicted molar refractivity (Wildman–Crippen MR) is 106 cm³/mol. The first-order valence-electron chi connectivity index (χ1n) is 10.0. The van der Waals surface area contributed by atoms with Gasteiger partial charge in [-0.15, -0.1) is 0 Å². The lowest BCUT2D eigenvalue weighted by Gasteiger charge is -2.29. The normalized spacial score (nSPS) is 18.8. The third kappa shape index (κ3) is 4.99. The summed E-state index contributed by atoms with van der Waals surface area (Å²) in [4.78, 5) is 36.3. The highest BCUT2D eigenvalue weighted by Crippen LogP contribution is 2.21. The Bertz CT molecular complexity index is 866. The highest BCUT2D eigenvalue weighted by Gasteiger charge is 2.22. The van der Waals surface area contributed by atoms with E-state index in [-0.39, 0.29) is 18.1 Å². The van der Waals surface area contributed by atoms with Crippen LogP contribution in [0.25, 0.3) is 0 Å². The first-order chi connectivity index (χ1) is 14.2. The molecule has 0 saturated carbocycles. The van der Waals surface area contributed by atoms with Crippen molar-refractivity contribution in [3.8, 4) is 0 Å². The Morgan fingerprint density at radius 2 is 2.17 bits per heavy atom. The second-order valence-corrected chi connectivity index (χ2v) is 7.43.